The van der Waals surface area contributed by atoms with Crippen LogP contribution in [0.1, 0.15) is 23.1 Å². The number of halogens is 1. The molecular weight excluding hydrogens is 335 g/mol. The highest BCUT2D eigenvalue weighted by atomic mass is 32.2. The van der Waals surface area contributed by atoms with Crippen molar-refractivity contribution in [3.05, 3.63) is 58.9 Å². The Balaban J connectivity index is 2.18. The standard InChI is InChI=1S/C20H21FN2OS/c1-14-11-15(2)20(16(3)12-14)25-13-19(24)23(10-6-9-22)18-8-5-4-7-17(18)21/h4-5,7-8,11-12H,6,10,13H2,1-3H3. The molecule has 0 bridgehead atoms. The van der Waals surface area contributed by atoms with E-state index in [0.29, 0.717) is 0 Å². The smallest absolute Gasteiger partial charge is 0.237 e. The summed E-state index contributed by atoms with van der Waals surface area (Å²) < 4.78 is 14.1. The van der Waals surface area contributed by atoms with Crippen molar-refractivity contribution in [2.75, 3.05) is 17.2 Å². The maximum Gasteiger partial charge on any atom is 0.237 e. The molecule has 0 aliphatic rings. The van der Waals surface area contributed by atoms with Gasteiger partial charge in [0, 0.05) is 11.4 Å². The molecule has 2 rings (SSSR count). The summed E-state index contributed by atoms with van der Waals surface area (Å²) in [5.74, 6) is -0.462. The SMILES string of the molecule is Cc1cc(C)c(SCC(=O)N(CCC#N)c2ccccc2F)c(C)c1. The van der Waals surface area contributed by atoms with Gasteiger partial charge in [-0.2, -0.15) is 5.26 Å². The molecule has 0 spiro atoms. The molecule has 25 heavy (non-hydrogen) atoms. The fraction of sp³-hybridized carbons (Fsp3) is 0.300. The Bertz CT molecular complexity index is 791. The van der Waals surface area contributed by atoms with Crippen LogP contribution in [0.4, 0.5) is 10.1 Å². The number of thioether (sulfide) groups is 1. The molecule has 2 aromatic carbocycles. The fourth-order valence-electron chi connectivity index (χ4n) is 2.82. The number of anilines is 1. The molecule has 3 nitrogen and oxygen atoms in total. The highest BCUT2D eigenvalue weighted by Gasteiger charge is 2.19. The number of aryl methyl sites for hydroxylation is 3. The first-order valence-corrected chi connectivity index (χ1v) is 9.05. The molecule has 0 atom stereocenters. The van der Waals surface area contributed by atoms with E-state index in [2.05, 4.69) is 12.1 Å². The van der Waals surface area contributed by atoms with Crippen molar-refractivity contribution in [2.24, 2.45) is 0 Å². The summed E-state index contributed by atoms with van der Waals surface area (Å²) in [4.78, 5) is 15.1. The minimum atomic E-state index is -0.457. The van der Waals surface area contributed by atoms with Crippen molar-refractivity contribution in [1.29, 1.82) is 5.26 Å². The van der Waals surface area contributed by atoms with Crippen molar-refractivity contribution in [1.82, 2.24) is 0 Å². The fourth-order valence-corrected chi connectivity index (χ4v) is 3.82. The maximum atomic E-state index is 14.1. The summed E-state index contributed by atoms with van der Waals surface area (Å²) in [7, 11) is 0. The Kier molecular flexibility index (Phi) is 6.60. The predicted molar refractivity (Wildman–Crippen MR) is 100 cm³/mol. The Hall–Kier alpha value is -2.32. The Labute approximate surface area is 152 Å². The topological polar surface area (TPSA) is 44.1 Å². The van der Waals surface area contributed by atoms with Crippen molar-refractivity contribution < 1.29 is 9.18 Å². The predicted octanol–water partition coefficient (Wildman–Crippen LogP) is 4.79. The molecule has 0 heterocycles. The number of carbonyl (C=O) groups is 1. The van der Waals surface area contributed by atoms with Crippen LogP contribution in [-0.4, -0.2) is 18.2 Å². The van der Waals surface area contributed by atoms with Gasteiger partial charge in [-0.05, 0) is 44.0 Å². The third-order valence-electron chi connectivity index (χ3n) is 3.84. The van der Waals surface area contributed by atoms with Gasteiger partial charge in [0.1, 0.15) is 5.82 Å². The van der Waals surface area contributed by atoms with E-state index in [1.54, 1.807) is 18.2 Å². The number of hydrogen-bond donors (Lipinski definition) is 0. The first-order valence-electron chi connectivity index (χ1n) is 8.06. The number of carbonyl (C=O) groups excluding carboxylic acids is 1. The summed E-state index contributed by atoms with van der Waals surface area (Å²) in [5, 5.41) is 8.83. The van der Waals surface area contributed by atoms with E-state index in [1.165, 1.54) is 28.3 Å². The number of para-hydroxylation sites is 1. The quantitative estimate of drug-likeness (QED) is 0.699. The van der Waals surface area contributed by atoms with Crippen LogP contribution in [0.2, 0.25) is 0 Å². The first kappa shape index (κ1) is 19.0. The first-order chi connectivity index (χ1) is 11.9. The molecule has 0 fully saturated rings. The summed E-state index contributed by atoms with van der Waals surface area (Å²) in [6.07, 6.45) is 0.160. The normalized spacial score (nSPS) is 10.4. The Morgan fingerprint density at radius 1 is 1.20 bits per heavy atom. The van der Waals surface area contributed by atoms with Crippen LogP contribution in [0.3, 0.4) is 0 Å². The third-order valence-corrected chi connectivity index (χ3v) is 5.16. The lowest BCUT2D eigenvalue weighted by Crippen LogP contribution is -2.34. The van der Waals surface area contributed by atoms with Crippen LogP contribution < -0.4 is 4.90 Å². The largest absolute Gasteiger partial charge is 0.308 e. The van der Waals surface area contributed by atoms with Gasteiger partial charge in [-0.25, -0.2) is 4.39 Å². The molecule has 0 radical (unpaired) electrons. The third kappa shape index (κ3) is 4.83. The molecule has 2 aromatic rings. The summed E-state index contributed by atoms with van der Waals surface area (Å²) in [5.41, 5.74) is 3.67. The number of amides is 1. The van der Waals surface area contributed by atoms with Crippen molar-refractivity contribution in [3.8, 4) is 6.07 Å². The molecule has 1 amide bonds. The minimum Gasteiger partial charge on any atom is -0.308 e. The average Bonchev–Trinajstić information content (AvgIpc) is 2.55. The van der Waals surface area contributed by atoms with E-state index in [-0.39, 0.29) is 30.3 Å². The lowest BCUT2D eigenvalue weighted by molar-refractivity contribution is -0.116. The summed E-state index contributed by atoms with van der Waals surface area (Å²) in [6, 6.07) is 12.4. The van der Waals surface area contributed by atoms with Gasteiger partial charge in [-0.15, -0.1) is 11.8 Å². The number of rotatable bonds is 6. The molecule has 0 unspecified atom stereocenters. The zero-order chi connectivity index (χ0) is 18.4. The van der Waals surface area contributed by atoms with Crippen molar-refractivity contribution >= 4 is 23.4 Å². The number of benzene rings is 2. The van der Waals surface area contributed by atoms with E-state index in [1.807, 2.05) is 26.8 Å². The number of nitrogens with zero attached hydrogens (tertiary/aromatic N) is 2. The summed E-state index contributed by atoms with van der Waals surface area (Å²) in [6.45, 7) is 6.28. The van der Waals surface area contributed by atoms with Crippen LogP contribution in [0.25, 0.3) is 0 Å². The molecule has 0 aliphatic carbocycles. The lowest BCUT2D eigenvalue weighted by atomic mass is 10.1. The number of hydrogen-bond acceptors (Lipinski definition) is 3. The molecule has 0 saturated carbocycles. The summed E-state index contributed by atoms with van der Waals surface area (Å²) >= 11 is 1.46. The van der Waals surface area contributed by atoms with Crippen molar-refractivity contribution in [2.45, 2.75) is 32.1 Å². The molecule has 5 heteroatoms. The van der Waals surface area contributed by atoms with E-state index in [9.17, 15) is 9.18 Å². The highest BCUT2D eigenvalue weighted by Crippen LogP contribution is 2.29. The molecule has 130 valence electrons. The zero-order valence-corrected chi connectivity index (χ0v) is 15.5. The van der Waals surface area contributed by atoms with Crippen molar-refractivity contribution in [3.63, 3.8) is 0 Å². The van der Waals surface area contributed by atoms with Gasteiger partial charge in [0.05, 0.1) is 23.9 Å². The van der Waals surface area contributed by atoms with Gasteiger partial charge in [-0.1, -0.05) is 29.8 Å². The Morgan fingerprint density at radius 3 is 2.44 bits per heavy atom. The van der Waals surface area contributed by atoms with Gasteiger partial charge in [0.25, 0.3) is 0 Å². The van der Waals surface area contributed by atoms with E-state index >= 15 is 0 Å². The average molecular weight is 356 g/mol. The maximum absolute atomic E-state index is 14.1. The van der Waals surface area contributed by atoms with Crippen LogP contribution in [0.5, 0.6) is 0 Å². The minimum absolute atomic E-state index is 0.160. The van der Waals surface area contributed by atoms with Gasteiger partial charge >= 0.3 is 0 Å². The molecular formula is C20H21FN2OS. The van der Waals surface area contributed by atoms with Crippen LogP contribution in [-0.2, 0) is 4.79 Å². The van der Waals surface area contributed by atoms with E-state index in [0.717, 1.165) is 16.0 Å². The molecule has 0 N–H and O–H groups in total. The zero-order valence-electron chi connectivity index (χ0n) is 14.7. The molecule has 0 aliphatic heterocycles. The van der Waals surface area contributed by atoms with Crippen LogP contribution in [0, 0.1) is 37.9 Å². The van der Waals surface area contributed by atoms with Gasteiger partial charge < -0.3 is 4.90 Å². The highest BCUT2D eigenvalue weighted by molar-refractivity contribution is 8.00. The van der Waals surface area contributed by atoms with Gasteiger partial charge in [0.15, 0.2) is 0 Å². The second kappa shape index (κ2) is 8.68. The van der Waals surface area contributed by atoms with E-state index < -0.39 is 5.82 Å². The monoisotopic (exact) mass is 356 g/mol. The lowest BCUT2D eigenvalue weighted by Gasteiger charge is -2.22. The van der Waals surface area contributed by atoms with Gasteiger partial charge in [0.2, 0.25) is 5.91 Å². The molecule has 0 saturated heterocycles. The second-order valence-corrected chi connectivity index (χ2v) is 6.91. The number of nitriles is 1. The second-order valence-electron chi connectivity index (χ2n) is 5.92. The van der Waals surface area contributed by atoms with Crippen LogP contribution >= 0.6 is 11.8 Å². The van der Waals surface area contributed by atoms with Gasteiger partial charge in [-0.3, -0.25) is 4.79 Å². The van der Waals surface area contributed by atoms with E-state index in [4.69, 9.17) is 5.26 Å². The van der Waals surface area contributed by atoms with Crippen LogP contribution in [0.15, 0.2) is 41.3 Å². The molecule has 0 aromatic heterocycles. The Morgan fingerprint density at radius 2 is 1.84 bits per heavy atom.